The summed E-state index contributed by atoms with van der Waals surface area (Å²) in [4.78, 5) is 9.71. The molecule has 21 heavy (non-hydrogen) atoms. The molecule has 110 valence electrons. The zero-order valence-corrected chi connectivity index (χ0v) is 11.0. The van der Waals surface area contributed by atoms with Crippen LogP contribution >= 0.6 is 0 Å². The fourth-order valence-electron chi connectivity index (χ4n) is 1.83. The van der Waals surface area contributed by atoms with E-state index in [-0.39, 0.29) is 12.1 Å². The first-order chi connectivity index (χ1) is 9.88. The van der Waals surface area contributed by atoms with Crippen molar-refractivity contribution in [2.24, 2.45) is 0 Å². The molecule has 0 aliphatic heterocycles. The normalized spacial score (nSPS) is 10.5. The summed E-state index contributed by atoms with van der Waals surface area (Å²) >= 11 is 0. The van der Waals surface area contributed by atoms with Crippen LogP contribution in [0, 0.1) is 34.5 Å². The quantitative estimate of drug-likeness (QED) is 0.687. The molecule has 0 bridgehead atoms. The maximum Gasteiger partial charge on any atom is 0.305 e. The molecule has 2 aromatic carbocycles. The Morgan fingerprint density at radius 3 is 2.52 bits per heavy atom. The van der Waals surface area contributed by atoms with Crippen molar-refractivity contribution in [1.82, 2.24) is 0 Å². The Morgan fingerprint density at radius 2 is 1.86 bits per heavy atom. The van der Waals surface area contributed by atoms with Crippen molar-refractivity contribution in [2.75, 3.05) is 5.32 Å². The number of nitrogens with zero attached hydrogens (tertiary/aromatic N) is 1. The van der Waals surface area contributed by atoms with Gasteiger partial charge in [0.15, 0.2) is 0 Å². The zero-order chi connectivity index (χ0) is 15.6. The van der Waals surface area contributed by atoms with Crippen LogP contribution in [-0.2, 0) is 6.54 Å². The monoisotopic (exact) mass is 296 g/mol. The summed E-state index contributed by atoms with van der Waals surface area (Å²) in [6, 6.07) is 5.34. The van der Waals surface area contributed by atoms with Gasteiger partial charge in [-0.05, 0) is 24.6 Å². The van der Waals surface area contributed by atoms with Gasteiger partial charge in [0.25, 0.3) is 0 Å². The van der Waals surface area contributed by atoms with Gasteiger partial charge in [-0.3, -0.25) is 10.1 Å². The highest BCUT2D eigenvalue weighted by Crippen LogP contribution is 2.23. The van der Waals surface area contributed by atoms with Crippen molar-refractivity contribution >= 4 is 11.4 Å². The molecule has 0 saturated carbocycles. The molecule has 7 heteroatoms. The van der Waals surface area contributed by atoms with Crippen LogP contribution in [0.25, 0.3) is 0 Å². The smallest absolute Gasteiger partial charge is 0.305 e. The molecule has 0 saturated heterocycles. The standard InChI is InChI=1S/C14H11F3N2O2/c1-8-2-3-10(15)5-13(8)18-7-9-4-14(19(20)21)12(17)6-11(9)16/h2-6,18H,7H2,1H3. The van der Waals surface area contributed by atoms with Gasteiger partial charge in [0.1, 0.15) is 11.6 Å². The summed E-state index contributed by atoms with van der Waals surface area (Å²) in [6.45, 7) is 1.60. The predicted octanol–water partition coefficient (Wildman–Crippen LogP) is 3.93. The van der Waals surface area contributed by atoms with Crippen LogP contribution in [0.3, 0.4) is 0 Å². The molecule has 2 rings (SSSR count). The molecule has 0 amide bonds. The van der Waals surface area contributed by atoms with Crippen molar-refractivity contribution in [3.8, 4) is 0 Å². The van der Waals surface area contributed by atoms with Gasteiger partial charge in [0.05, 0.1) is 4.92 Å². The van der Waals surface area contributed by atoms with E-state index in [9.17, 15) is 23.3 Å². The summed E-state index contributed by atoms with van der Waals surface area (Å²) in [5.74, 6) is -2.60. The molecule has 0 aromatic heterocycles. The Hall–Kier alpha value is -2.57. The Bertz CT molecular complexity index is 705. The van der Waals surface area contributed by atoms with Gasteiger partial charge in [0.2, 0.25) is 5.82 Å². The highest BCUT2D eigenvalue weighted by molar-refractivity contribution is 5.51. The fraction of sp³-hybridized carbons (Fsp3) is 0.143. The van der Waals surface area contributed by atoms with E-state index in [0.29, 0.717) is 11.8 Å². The number of nitro benzene ring substituents is 1. The number of hydrogen-bond acceptors (Lipinski definition) is 3. The second kappa shape index (κ2) is 5.82. The third kappa shape index (κ3) is 3.31. The SMILES string of the molecule is Cc1ccc(F)cc1NCc1cc([N+](=O)[O-])c(F)cc1F. The van der Waals surface area contributed by atoms with Gasteiger partial charge in [-0.25, -0.2) is 8.78 Å². The van der Waals surface area contributed by atoms with E-state index in [4.69, 9.17) is 0 Å². The molecule has 0 heterocycles. The van der Waals surface area contributed by atoms with Crippen molar-refractivity contribution in [2.45, 2.75) is 13.5 Å². The average Bonchev–Trinajstić information content (AvgIpc) is 2.41. The highest BCUT2D eigenvalue weighted by Gasteiger charge is 2.18. The molecule has 1 N–H and O–H groups in total. The maximum atomic E-state index is 13.6. The van der Waals surface area contributed by atoms with Gasteiger partial charge in [-0.1, -0.05) is 6.07 Å². The average molecular weight is 296 g/mol. The Labute approximate surface area is 118 Å². The second-order valence-electron chi connectivity index (χ2n) is 4.46. The summed E-state index contributed by atoms with van der Waals surface area (Å²) < 4.78 is 39.9. The van der Waals surface area contributed by atoms with Gasteiger partial charge in [0, 0.05) is 29.9 Å². The summed E-state index contributed by atoms with van der Waals surface area (Å²) in [6.07, 6.45) is 0. The lowest BCUT2D eigenvalue weighted by molar-refractivity contribution is -0.387. The van der Waals surface area contributed by atoms with Crippen LogP contribution in [0.4, 0.5) is 24.5 Å². The van der Waals surface area contributed by atoms with Gasteiger partial charge in [-0.15, -0.1) is 0 Å². The van der Waals surface area contributed by atoms with Crippen LogP contribution in [0.5, 0.6) is 0 Å². The molecule has 4 nitrogen and oxygen atoms in total. The van der Waals surface area contributed by atoms with E-state index < -0.39 is 28.1 Å². The number of halogens is 3. The predicted molar refractivity (Wildman–Crippen MR) is 71.5 cm³/mol. The molecule has 0 aliphatic rings. The van der Waals surface area contributed by atoms with E-state index in [0.717, 1.165) is 11.6 Å². The first-order valence-corrected chi connectivity index (χ1v) is 6.01. The lowest BCUT2D eigenvalue weighted by atomic mass is 10.1. The Kier molecular flexibility index (Phi) is 4.11. The van der Waals surface area contributed by atoms with Crippen LogP contribution in [0.15, 0.2) is 30.3 Å². The van der Waals surface area contributed by atoms with Gasteiger partial charge in [-0.2, -0.15) is 4.39 Å². The highest BCUT2D eigenvalue weighted by atomic mass is 19.1. The molecule has 0 radical (unpaired) electrons. The summed E-state index contributed by atoms with van der Waals surface area (Å²) in [5.41, 5.74) is 0.283. The minimum absolute atomic E-state index is 0.0771. The lowest BCUT2D eigenvalue weighted by Crippen LogP contribution is -2.05. The van der Waals surface area contributed by atoms with Crippen molar-refractivity contribution in [1.29, 1.82) is 0 Å². The molecular formula is C14H11F3N2O2. The van der Waals surface area contributed by atoms with Crippen molar-refractivity contribution < 1.29 is 18.1 Å². The van der Waals surface area contributed by atoms with Crippen LogP contribution < -0.4 is 5.32 Å². The third-order valence-corrected chi connectivity index (χ3v) is 2.98. The number of anilines is 1. The first-order valence-electron chi connectivity index (χ1n) is 6.01. The number of nitro groups is 1. The lowest BCUT2D eigenvalue weighted by Gasteiger charge is -2.10. The number of hydrogen-bond donors (Lipinski definition) is 1. The summed E-state index contributed by atoms with van der Waals surface area (Å²) in [5, 5.41) is 13.4. The topological polar surface area (TPSA) is 55.2 Å². The van der Waals surface area contributed by atoms with Crippen LogP contribution in [0.2, 0.25) is 0 Å². The largest absolute Gasteiger partial charge is 0.381 e. The van der Waals surface area contributed by atoms with Gasteiger partial charge < -0.3 is 5.32 Å². The Morgan fingerprint density at radius 1 is 1.14 bits per heavy atom. The van der Waals surface area contributed by atoms with Gasteiger partial charge >= 0.3 is 5.69 Å². The minimum Gasteiger partial charge on any atom is -0.381 e. The molecule has 2 aromatic rings. The van der Waals surface area contributed by atoms with E-state index in [1.54, 1.807) is 13.0 Å². The molecule has 0 fully saturated rings. The minimum atomic E-state index is -1.23. The number of nitrogens with one attached hydrogen (secondary N) is 1. The van der Waals surface area contributed by atoms with Crippen LogP contribution in [0.1, 0.15) is 11.1 Å². The number of aryl methyl sites for hydroxylation is 1. The number of benzene rings is 2. The molecule has 0 unspecified atom stereocenters. The van der Waals surface area contributed by atoms with Crippen molar-refractivity contribution in [3.05, 3.63) is 69.0 Å². The number of rotatable bonds is 4. The van der Waals surface area contributed by atoms with E-state index in [1.165, 1.54) is 12.1 Å². The summed E-state index contributed by atoms with van der Waals surface area (Å²) in [7, 11) is 0. The molecule has 0 atom stereocenters. The fourth-order valence-corrected chi connectivity index (χ4v) is 1.83. The Balaban J connectivity index is 2.25. The second-order valence-corrected chi connectivity index (χ2v) is 4.46. The van der Waals surface area contributed by atoms with E-state index in [2.05, 4.69) is 5.32 Å². The molecule has 0 aliphatic carbocycles. The third-order valence-electron chi connectivity index (χ3n) is 2.98. The van der Waals surface area contributed by atoms with E-state index >= 15 is 0 Å². The maximum absolute atomic E-state index is 13.6. The zero-order valence-electron chi connectivity index (χ0n) is 11.0. The molecule has 0 spiro atoms. The van der Waals surface area contributed by atoms with E-state index in [1.807, 2.05) is 0 Å². The van der Waals surface area contributed by atoms with Crippen molar-refractivity contribution in [3.63, 3.8) is 0 Å². The molecular weight excluding hydrogens is 285 g/mol. The first kappa shape index (κ1) is 14.8. The van der Waals surface area contributed by atoms with Crippen LogP contribution in [-0.4, -0.2) is 4.92 Å².